The Morgan fingerprint density at radius 2 is 1.78 bits per heavy atom. The highest BCUT2D eigenvalue weighted by Crippen LogP contribution is 2.12. The lowest BCUT2D eigenvalue weighted by Gasteiger charge is -2.21. The number of hydrogen-bond acceptors (Lipinski definition) is 4. The zero-order valence-corrected chi connectivity index (χ0v) is 15.7. The molecule has 7 heteroatoms. The van der Waals surface area contributed by atoms with Crippen LogP contribution in [0.15, 0.2) is 42.9 Å². The average Bonchev–Trinajstić information content (AvgIpc) is 3.04. The number of aromatic nitrogens is 2. The van der Waals surface area contributed by atoms with Gasteiger partial charge >= 0.3 is 11.9 Å². The number of carbonyl (C=O) groups is 2. The van der Waals surface area contributed by atoms with Crippen molar-refractivity contribution in [2.45, 2.75) is 51.7 Å². The molecule has 7 nitrogen and oxygen atoms in total. The average molecular weight is 373 g/mol. The van der Waals surface area contributed by atoms with Gasteiger partial charge in [-0.05, 0) is 30.7 Å². The van der Waals surface area contributed by atoms with E-state index in [1.165, 1.54) is 0 Å². The first-order valence-electron chi connectivity index (χ1n) is 9.11. The Bertz CT molecular complexity index is 743. The molecule has 1 aromatic heterocycles. The van der Waals surface area contributed by atoms with Gasteiger partial charge in [-0.3, -0.25) is 14.9 Å². The fourth-order valence-corrected chi connectivity index (χ4v) is 3.00. The van der Waals surface area contributed by atoms with Crippen LogP contribution in [0.1, 0.15) is 37.9 Å². The molecule has 0 aliphatic rings. The molecule has 2 atom stereocenters. The molecule has 1 unspecified atom stereocenters. The van der Waals surface area contributed by atoms with Crippen LogP contribution in [0.3, 0.4) is 0 Å². The van der Waals surface area contributed by atoms with Gasteiger partial charge < -0.3 is 14.8 Å². The predicted octanol–water partition coefficient (Wildman–Crippen LogP) is 2.41. The second kappa shape index (κ2) is 9.87. The lowest BCUT2D eigenvalue weighted by Crippen LogP contribution is -2.48. The summed E-state index contributed by atoms with van der Waals surface area (Å²) in [5.74, 6) is -1.91. The summed E-state index contributed by atoms with van der Waals surface area (Å²) >= 11 is 0. The van der Waals surface area contributed by atoms with Crippen LogP contribution < -0.4 is 5.32 Å². The quantitative estimate of drug-likeness (QED) is 0.559. The summed E-state index contributed by atoms with van der Waals surface area (Å²) in [6.07, 6.45) is 4.61. The largest absolute Gasteiger partial charge is 0.480 e. The van der Waals surface area contributed by atoms with Crippen molar-refractivity contribution in [3.05, 3.63) is 54.1 Å². The van der Waals surface area contributed by atoms with Crippen LogP contribution in [-0.2, 0) is 22.6 Å². The molecule has 2 rings (SSSR count). The highest BCUT2D eigenvalue weighted by Gasteiger charge is 2.26. The van der Waals surface area contributed by atoms with Crippen molar-refractivity contribution < 1.29 is 19.8 Å². The number of carboxylic acid groups (broad SMARTS) is 2. The molecular formula is C20H27N3O4. The Morgan fingerprint density at radius 1 is 1.11 bits per heavy atom. The van der Waals surface area contributed by atoms with E-state index in [2.05, 4.69) is 10.3 Å². The van der Waals surface area contributed by atoms with E-state index in [1.807, 2.05) is 48.7 Å². The molecule has 3 N–H and O–H groups in total. The first-order valence-corrected chi connectivity index (χ1v) is 9.11. The van der Waals surface area contributed by atoms with Crippen molar-refractivity contribution >= 4 is 11.9 Å². The van der Waals surface area contributed by atoms with Crippen LogP contribution in [-0.4, -0.2) is 43.8 Å². The third-order valence-corrected chi connectivity index (χ3v) is 4.39. The zero-order chi connectivity index (χ0) is 19.8. The molecule has 0 spiro atoms. The van der Waals surface area contributed by atoms with Crippen LogP contribution >= 0.6 is 0 Å². The van der Waals surface area contributed by atoms with E-state index < -0.39 is 24.0 Å². The Morgan fingerprint density at radius 3 is 2.37 bits per heavy atom. The van der Waals surface area contributed by atoms with Gasteiger partial charge in [0.15, 0.2) is 0 Å². The number of aryl methyl sites for hydroxylation is 1. The summed E-state index contributed by atoms with van der Waals surface area (Å²) in [7, 11) is 0. The van der Waals surface area contributed by atoms with Gasteiger partial charge in [0.25, 0.3) is 0 Å². The van der Waals surface area contributed by atoms with E-state index in [-0.39, 0.29) is 12.3 Å². The monoisotopic (exact) mass is 373 g/mol. The first kappa shape index (κ1) is 20.6. The van der Waals surface area contributed by atoms with Gasteiger partial charge in [-0.1, -0.05) is 44.2 Å². The van der Waals surface area contributed by atoms with E-state index in [1.54, 1.807) is 12.5 Å². The fourth-order valence-electron chi connectivity index (χ4n) is 3.00. The van der Waals surface area contributed by atoms with Gasteiger partial charge in [0.05, 0.1) is 6.33 Å². The third kappa shape index (κ3) is 6.53. The first-order chi connectivity index (χ1) is 12.9. The highest BCUT2D eigenvalue weighted by atomic mass is 16.4. The Hall–Kier alpha value is -2.67. The maximum Gasteiger partial charge on any atom is 0.320 e. The molecule has 27 heavy (non-hydrogen) atoms. The highest BCUT2D eigenvalue weighted by molar-refractivity contribution is 5.77. The SMILES string of the molecule is CC(C)CC(N[C@@H](CCc1cncn1Cc1ccccc1)C(=O)O)C(=O)O. The Balaban J connectivity index is 2.01. The third-order valence-electron chi connectivity index (χ3n) is 4.39. The van der Waals surface area contributed by atoms with E-state index in [4.69, 9.17) is 0 Å². The van der Waals surface area contributed by atoms with Crippen LogP contribution in [0.2, 0.25) is 0 Å². The summed E-state index contributed by atoms with van der Waals surface area (Å²) in [5.41, 5.74) is 2.05. The molecule has 1 aromatic carbocycles. The fraction of sp³-hybridized carbons (Fsp3) is 0.450. The summed E-state index contributed by atoms with van der Waals surface area (Å²) in [6.45, 7) is 4.48. The topological polar surface area (TPSA) is 104 Å². The molecule has 0 bridgehead atoms. The molecule has 0 fully saturated rings. The number of nitrogens with zero attached hydrogens (tertiary/aromatic N) is 2. The van der Waals surface area contributed by atoms with Crippen LogP contribution in [0.5, 0.6) is 0 Å². The minimum Gasteiger partial charge on any atom is -0.480 e. The van der Waals surface area contributed by atoms with E-state index in [0.717, 1.165) is 11.3 Å². The van der Waals surface area contributed by atoms with Crippen LogP contribution in [0, 0.1) is 5.92 Å². The summed E-state index contributed by atoms with van der Waals surface area (Å²) in [4.78, 5) is 27.2. The zero-order valence-electron chi connectivity index (χ0n) is 15.7. The van der Waals surface area contributed by atoms with Gasteiger partial charge in [-0.25, -0.2) is 4.98 Å². The molecule has 2 aromatic rings. The van der Waals surface area contributed by atoms with E-state index in [9.17, 15) is 19.8 Å². The molecule has 0 aliphatic heterocycles. The number of nitrogens with one attached hydrogen (secondary N) is 1. The Labute approximate surface area is 159 Å². The van der Waals surface area contributed by atoms with Gasteiger partial charge in [-0.2, -0.15) is 0 Å². The smallest absolute Gasteiger partial charge is 0.320 e. The van der Waals surface area contributed by atoms with Crippen molar-refractivity contribution in [2.24, 2.45) is 5.92 Å². The maximum atomic E-state index is 11.6. The minimum absolute atomic E-state index is 0.153. The number of rotatable bonds is 11. The summed E-state index contributed by atoms with van der Waals surface area (Å²) in [6, 6.07) is 8.14. The summed E-state index contributed by atoms with van der Waals surface area (Å²) < 4.78 is 1.98. The van der Waals surface area contributed by atoms with Gasteiger partial charge in [0.1, 0.15) is 12.1 Å². The number of carboxylic acids is 2. The van der Waals surface area contributed by atoms with Gasteiger partial charge in [-0.15, -0.1) is 0 Å². The molecule has 0 aliphatic carbocycles. The van der Waals surface area contributed by atoms with E-state index >= 15 is 0 Å². The number of benzene rings is 1. The molecule has 1 heterocycles. The lowest BCUT2D eigenvalue weighted by molar-refractivity contribution is -0.143. The van der Waals surface area contributed by atoms with Gasteiger partial charge in [0, 0.05) is 18.4 Å². The molecule has 0 radical (unpaired) electrons. The number of hydrogen-bond donors (Lipinski definition) is 3. The molecule has 0 saturated carbocycles. The number of imidazole rings is 1. The van der Waals surface area contributed by atoms with Crippen molar-refractivity contribution in [1.82, 2.24) is 14.9 Å². The molecule has 0 amide bonds. The predicted molar refractivity (Wildman–Crippen MR) is 102 cm³/mol. The van der Waals surface area contributed by atoms with Crippen molar-refractivity contribution in [2.75, 3.05) is 0 Å². The maximum absolute atomic E-state index is 11.6. The lowest BCUT2D eigenvalue weighted by atomic mass is 10.0. The standard InChI is InChI=1S/C20H27N3O4/c1-14(2)10-18(20(26)27)22-17(19(24)25)9-8-16-11-21-13-23(16)12-15-6-4-3-5-7-15/h3-7,11,13-14,17-18,22H,8-10,12H2,1-2H3,(H,24,25)(H,26,27)/t17-,18?/m0/s1. The second-order valence-electron chi connectivity index (χ2n) is 7.12. The minimum atomic E-state index is -1.04. The molecule has 0 saturated heterocycles. The van der Waals surface area contributed by atoms with Crippen molar-refractivity contribution in [3.63, 3.8) is 0 Å². The molecule has 146 valence electrons. The Kier molecular flexibility index (Phi) is 7.55. The van der Waals surface area contributed by atoms with Crippen molar-refractivity contribution in [3.8, 4) is 0 Å². The van der Waals surface area contributed by atoms with Crippen LogP contribution in [0.4, 0.5) is 0 Å². The van der Waals surface area contributed by atoms with E-state index in [0.29, 0.717) is 19.4 Å². The summed E-state index contributed by atoms with van der Waals surface area (Å²) in [5, 5.41) is 21.6. The van der Waals surface area contributed by atoms with Crippen molar-refractivity contribution in [1.29, 1.82) is 0 Å². The second-order valence-corrected chi connectivity index (χ2v) is 7.12. The number of aliphatic carboxylic acids is 2. The van der Waals surface area contributed by atoms with Gasteiger partial charge in [0.2, 0.25) is 0 Å². The molecular weight excluding hydrogens is 346 g/mol. The normalized spacial score (nSPS) is 13.4. The van der Waals surface area contributed by atoms with Crippen LogP contribution in [0.25, 0.3) is 0 Å².